The maximum atomic E-state index is 13.4. The summed E-state index contributed by atoms with van der Waals surface area (Å²) in [4.78, 5) is 77.6. The topological polar surface area (TPSA) is 234 Å². The molecule has 4 amide bonds. The molecule has 4 heterocycles. The first-order valence-electron chi connectivity index (χ1n) is 27.6. The van der Waals surface area contributed by atoms with Crippen LogP contribution >= 0.6 is 11.6 Å². The Morgan fingerprint density at radius 2 is 1.41 bits per heavy atom. The second-order valence-electron chi connectivity index (χ2n) is 20.6. The van der Waals surface area contributed by atoms with E-state index in [4.69, 9.17) is 40.0 Å². The molecule has 80 heavy (non-hydrogen) atoms. The predicted octanol–water partition coefficient (Wildman–Crippen LogP) is 7.88. The van der Waals surface area contributed by atoms with E-state index in [9.17, 15) is 32.4 Å². The van der Waals surface area contributed by atoms with Crippen LogP contribution in [0.5, 0.6) is 5.75 Å². The van der Waals surface area contributed by atoms with Crippen LogP contribution < -0.4 is 15.4 Å². The molecule has 3 aromatic carbocycles. The molecule has 1 aromatic heterocycles. The minimum absolute atomic E-state index is 0.0937. The van der Waals surface area contributed by atoms with Crippen molar-refractivity contribution < 1.29 is 60.8 Å². The zero-order valence-electron chi connectivity index (χ0n) is 46.8. The number of rotatable bonds is 32. The van der Waals surface area contributed by atoms with E-state index < -0.39 is 38.9 Å². The molecule has 4 aromatic rings. The number of likely N-dealkylation sites (tertiary alicyclic amines) is 2. The maximum Gasteiger partial charge on any atom is 0.262 e. The van der Waals surface area contributed by atoms with Crippen molar-refractivity contribution in [3.05, 3.63) is 93.6 Å². The van der Waals surface area contributed by atoms with Gasteiger partial charge >= 0.3 is 0 Å². The summed E-state index contributed by atoms with van der Waals surface area (Å²) in [5, 5.41) is 6.02. The SMILES string of the molecule is Cc1cc(Nc2ncc(Cl)c(Nc3ccccc3S(=O)(=O)C(C)C)n2)c(OC(C)C)cc1C1CCN(CC(=O)CCCOCCOCCOCCOCCOCCCc2cccc3c2C(=O)N(C2CCC(=O)N(C)C2=O)C3=O)CC1. The van der Waals surface area contributed by atoms with Gasteiger partial charge in [-0.25, -0.2) is 13.4 Å². The highest BCUT2D eigenvalue weighted by Gasteiger charge is 2.47. The highest BCUT2D eigenvalue weighted by atomic mass is 35.5. The van der Waals surface area contributed by atoms with Crippen LogP contribution in [0.2, 0.25) is 5.02 Å². The van der Waals surface area contributed by atoms with E-state index in [0.29, 0.717) is 127 Å². The Balaban J connectivity index is 0.704. The third-order valence-electron chi connectivity index (χ3n) is 14.1. The number of ether oxygens (including phenoxy) is 6. The molecule has 20 nitrogen and oxygen atoms in total. The van der Waals surface area contributed by atoms with Gasteiger partial charge in [0.1, 0.15) is 22.6 Å². The van der Waals surface area contributed by atoms with Gasteiger partial charge in [-0.15, -0.1) is 0 Å². The van der Waals surface area contributed by atoms with E-state index in [1.807, 2.05) is 26.0 Å². The van der Waals surface area contributed by atoms with Gasteiger partial charge in [0.2, 0.25) is 11.9 Å². The molecule has 2 fully saturated rings. The number of nitrogens with one attached hydrogen (secondary N) is 2. The lowest BCUT2D eigenvalue weighted by Gasteiger charge is -2.33. The summed E-state index contributed by atoms with van der Waals surface area (Å²) in [5.74, 6) is -0.230. The average Bonchev–Trinajstić information content (AvgIpc) is 3.69. The number of aromatic nitrogens is 2. The largest absolute Gasteiger partial charge is 0.489 e. The Kier molecular flexibility index (Phi) is 22.9. The fraction of sp³-hybridized carbons (Fsp3) is 0.534. The standard InChI is InChI=1S/C58H76ClN7O13S/c1-38(2)79-50-35-45(40(5)34-48(50)62-58-60-36-46(59)54(63-58)61-47-16-7-8-17-51(47)80(72,73)39(3)4)41-20-22-65(23-21-41)37-43(67)14-11-25-75-27-29-77-31-33-78-32-30-76-28-26-74-24-10-13-42-12-9-15-44-53(42)57(71)66(55(44)69)49-18-19-52(68)64(6)56(49)70/h7-9,12,15-17,34-36,38-39,41,49H,10-11,13-14,18-33,37H2,1-6H3,(H2,60,61,62,63). The number of likely N-dealkylation sites (N-methyl/N-ethyl adjacent to an activating group) is 1. The lowest BCUT2D eigenvalue weighted by Crippen LogP contribution is -2.54. The van der Waals surface area contributed by atoms with Crippen LogP contribution in [-0.2, 0) is 54.3 Å². The van der Waals surface area contributed by atoms with Gasteiger partial charge in [0.25, 0.3) is 17.7 Å². The fourth-order valence-electron chi connectivity index (χ4n) is 9.88. The van der Waals surface area contributed by atoms with E-state index in [0.717, 1.165) is 46.9 Å². The number of piperidine rings is 2. The second kappa shape index (κ2) is 29.7. The average molecular weight is 1150 g/mol. The number of amides is 4. The molecular weight excluding hydrogens is 1070 g/mol. The van der Waals surface area contributed by atoms with Crippen LogP contribution in [0.1, 0.15) is 116 Å². The fourth-order valence-corrected chi connectivity index (χ4v) is 11.2. The zero-order valence-corrected chi connectivity index (χ0v) is 48.3. The van der Waals surface area contributed by atoms with E-state index in [-0.39, 0.29) is 57.9 Å². The molecule has 3 aliphatic heterocycles. The number of ketones is 1. The van der Waals surface area contributed by atoms with Gasteiger partial charge in [0.05, 0.1) is 104 Å². The molecule has 3 aliphatic rings. The van der Waals surface area contributed by atoms with Crippen LogP contribution in [-0.4, -0.2) is 173 Å². The Labute approximate surface area is 474 Å². The van der Waals surface area contributed by atoms with Gasteiger partial charge in [-0.2, -0.15) is 4.98 Å². The quantitative estimate of drug-likeness (QED) is 0.0349. The van der Waals surface area contributed by atoms with Crippen molar-refractivity contribution >= 4 is 74.0 Å². The van der Waals surface area contributed by atoms with Gasteiger partial charge in [-0.05, 0) is 139 Å². The maximum absolute atomic E-state index is 13.4. The molecule has 0 bridgehead atoms. The Bertz CT molecular complexity index is 2920. The minimum atomic E-state index is -3.59. The number of imide groups is 2. The number of aryl methyl sites for hydroxylation is 2. The molecular formula is C58H76ClN7O13S. The van der Waals surface area contributed by atoms with Crippen molar-refractivity contribution in [2.45, 2.75) is 114 Å². The Morgan fingerprint density at radius 3 is 2.06 bits per heavy atom. The molecule has 1 unspecified atom stereocenters. The third kappa shape index (κ3) is 16.4. The first-order valence-corrected chi connectivity index (χ1v) is 29.5. The predicted molar refractivity (Wildman–Crippen MR) is 302 cm³/mol. The van der Waals surface area contributed by atoms with Crippen molar-refractivity contribution in [3.63, 3.8) is 0 Å². The van der Waals surface area contributed by atoms with Gasteiger partial charge in [0.15, 0.2) is 15.7 Å². The number of anilines is 4. The number of hydrogen-bond donors (Lipinski definition) is 2. The zero-order chi connectivity index (χ0) is 57.3. The molecule has 0 spiro atoms. The van der Waals surface area contributed by atoms with Gasteiger partial charge in [-0.1, -0.05) is 35.9 Å². The summed E-state index contributed by atoms with van der Waals surface area (Å²) in [5.41, 5.74) is 4.64. The van der Waals surface area contributed by atoms with Crippen molar-refractivity contribution in [1.82, 2.24) is 24.7 Å². The molecule has 0 aliphatic carbocycles. The van der Waals surface area contributed by atoms with E-state index in [1.54, 1.807) is 50.2 Å². The molecule has 2 saturated heterocycles. The number of hydrogen-bond acceptors (Lipinski definition) is 18. The highest BCUT2D eigenvalue weighted by molar-refractivity contribution is 7.92. The smallest absolute Gasteiger partial charge is 0.262 e. The Morgan fingerprint density at radius 1 is 0.775 bits per heavy atom. The molecule has 1 atom stereocenters. The number of para-hydroxylation sites is 1. The summed E-state index contributed by atoms with van der Waals surface area (Å²) in [6.07, 6.45) is 5.61. The summed E-state index contributed by atoms with van der Waals surface area (Å²) in [6.45, 7) is 15.5. The number of carbonyl (C=O) groups is 5. The normalized spacial score (nSPS) is 16.3. The number of halogens is 1. The van der Waals surface area contributed by atoms with Gasteiger partial charge in [-0.3, -0.25) is 38.7 Å². The lowest BCUT2D eigenvalue weighted by atomic mass is 9.86. The Hall–Kier alpha value is -5.91. The second-order valence-corrected chi connectivity index (χ2v) is 23.5. The van der Waals surface area contributed by atoms with Crippen LogP contribution in [0.25, 0.3) is 0 Å². The van der Waals surface area contributed by atoms with Gasteiger partial charge < -0.3 is 39.1 Å². The van der Waals surface area contributed by atoms with Crippen LogP contribution in [0.3, 0.4) is 0 Å². The van der Waals surface area contributed by atoms with E-state index in [2.05, 4.69) is 38.5 Å². The monoisotopic (exact) mass is 1150 g/mol. The summed E-state index contributed by atoms with van der Waals surface area (Å²) < 4.78 is 60.8. The van der Waals surface area contributed by atoms with Crippen molar-refractivity contribution in [3.8, 4) is 5.75 Å². The summed E-state index contributed by atoms with van der Waals surface area (Å²) in [6, 6.07) is 14.9. The minimum Gasteiger partial charge on any atom is -0.489 e. The number of sulfone groups is 1. The number of fused-ring (bicyclic) bond motifs is 1. The molecule has 22 heteroatoms. The summed E-state index contributed by atoms with van der Waals surface area (Å²) >= 11 is 6.52. The molecule has 434 valence electrons. The van der Waals surface area contributed by atoms with Crippen molar-refractivity contribution in [1.29, 1.82) is 0 Å². The van der Waals surface area contributed by atoms with Crippen molar-refractivity contribution in [2.75, 3.05) is 103 Å². The van der Waals surface area contributed by atoms with Crippen molar-refractivity contribution in [2.24, 2.45) is 0 Å². The number of carbonyl (C=O) groups excluding carboxylic acids is 5. The lowest BCUT2D eigenvalue weighted by molar-refractivity contribution is -0.149. The van der Waals surface area contributed by atoms with Crippen LogP contribution in [0.4, 0.5) is 23.1 Å². The highest BCUT2D eigenvalue weighted by Crippen LogP contribution is 2.39. The summed E-state index contributed by atoms with van der Waals surface area (Å²) in [7, 11) is -2.22. The molecule has 7 rings (SSSR count). The van der Waals surface area contributed by atoms with Crippen LogP contribution in [0.15, 0.2) is 65.7 Å². The number of Topliss-reactive ketones (excluding diaryl/α,β-unsaturated/α-hetero) is 1. The van der Waals surface area contributed by atoms with E-state index in [1.165, 1.54) is 18.8 Å². The first kappa shape index (κ1) is 61.7. The molecule has 0 saturated carbocycles. The number of nitrogens with zero attached hydrogens (tertiary/aromatic N) is 5. The molecule has 0 radical (unpaired) electrons. The number of benzene rings is 3. The van der Waals surface area contributed by atoms with Crippen LogP contribution in [0, 0.1) is 6.92 Å². The van der Waals surface area contributed by atoms with E-state index >= 15 is 0 Å². The molecule has 2 N–H and O–H groups in total. The van der Waals surface area contributed by atoms with Gasteiger partial charge in [0, 0.05) is 33.1 Å². The first-order chi connectivity index (χ1) is 38.4. The third-order valence-corrected chi connectivity index (χ3v) is 16.6.